The number of aryl methyl sites for hydroxylation is 1. The zero-order chi connectivity index (χ0) is 15.8. The molecule has 0 radical (unpaired) electrons. The van der Waals surface area contributed by atoms with Crippen molar-refractivity contribution in [1.82, 2.24) is 4.98 Å². The molecule has 0 fully saturated rings. The number of anilines is 2. The molecule has 1 heterocycles. The number of hydrogen-bond donors (Lipinski definition) is 2. The number of rotatable bonds is 3. The van der Waals surface area contributed by atoms with Crippen molar-refractivity contribution in [2.24, 2.45) is 0 Å². The third kappa shape index (κ3) is 3.64. The molecule has 0 unspecified atom stereocenters. The van der Waals surface area contributed by atoms with Crippen molar-refractivity contribution in [3.8, 4) is 0 Å². The van der Waals surface area contributed by atoms with E-state index in [1.807, 2.05) is 0 Å². The maximum absolute atomic E-state index is 12.7. The van der Waals surface area contributed by atoms with Crippen LogP contribution in [0.2, 0.25) is 5.02 Å². The highest BCUT2D eigenvalue weighted by molar-refractivity contribution is 7.15. The Hall–Kier alpha value is -1.80. The van der Waals surface area contributed by atoms with E-state index in [4.69, 9.17) is 16.7 Å². The number of alkyl halides is 3. The summed E-state index contributed by atoms with van der Waals surface area (Å²) in [5.41, 5.74) is -0.953. The van der Waals surface area contributed by atoms with Gasteiger partial charge in [-0.15, -0.1) is 11.3 Å². The summed E-state index contributed by atoms with van der Waals surface area (Å²) in [5, 5.41) is 11.6. The van der Waals surface area contributed by atoms with Crippen LogP contribution in [0.25, 0.3) is 0 Å². The van der Waals surface area contributed by atoms with Gasteiger partial charge in [0.25, 0.3) is 0 Å². The van der Waals surface area contributed by atoms with Gasteiger partial charge in [-0.1, -0.05) is 11.6 Å². The van der Waals surface area contributed by atoms with E-state index in [0.29, 0.717) is 4.88 Å². The van der Waals surface area contributed by atoms with Crippen LogP contribution in [0.1, 0.15) is 20.9 Å². The molecule has 0 spiro atoms. The molecule has 0 amide bonds. The number of carboxylic acids is 1. The van der Waals surface area contributed by atoms with Crippen LogP contribution in [0, 0.1) is 6.92 Å². The van der Waals surface area contributed by atoms with Crippen LogP contribution in [0.3, 0.4) is 0 Å². The molecule has 2 N–H and O–H groups in total. The van der Waals surface area contributed by atoms with Crippen LogP contribution in [0.5, 0.6) is 0 Å². The second kappa shape index (κ2) is 5.53. The van der Waals surface area contributed by atoms with Crippen molar-refractivity contribution in [2.45, 2.75) is 13.1 Å². The lowest BCUT2D eigenvalue weighted by atomic mass is 10.2. The Morgan fingerprint density at radius 3 is 2.57 bits per heavy atom. The van der Waals surface area contributed by atoms with Crippen LogP contribution < -0.4 is 5.32 Å². The molecule has 0 aliphatic rings. The molecule has 4 nitrogen and oxygen atoms in total. The van der Waals surface area contributed by atoms with E-state index in [2.05, 4.69) is 10.3 Å². The molecule has 9 heteroatoms. The SMILES string of the molecule is Cc1sc(Nc2cc(Cl)cc(C(F)(F)F)c2)nc1C(=O)O. The molecule has 0 saturated carbocycles. The summed E-state index contributed by atoms with van der Waals surface area (Å²) in [5.74, 6) is -1.20. The number of thiazole rings is 1. The van der Waals surface area contributed by atoms with Gasteiger partial charge in [-0.2, -0.15) is 13.2 Å². The van der Waals surface area contributed by atoms with E-state index >= 15 is 0 Å². The second-order valence-corrected chi connectivity index (χ2v) is 5.72. The van der Waals surface area contributed by atoms with E-state index in [-0.39, 0.29) is 21.5 Å². The number of hydrogen-bond acceptors (Lipinski definition) is 4. The predicted molar refractivity (Wildman–Crippen MR) is 73.5 cm³/mol. The maximum atomic E-state index is 12.7. The lowest BCUT2D eigenvalue weighted by molar-refractivity contribution is -0.137. The first-order valence-corrected chi connectivity index (χ1v) is 6.72. The summed E-state index contributed by atoms with van der Waals surface area (Å²) in [6.07, 6.45) is -4.52. The van der Waals surface area contributed by atoms with Crippen molar-refractivity contribution >= 4 is 39.7 Å². The van der Waals surface area contributed by atoms with Gasteiger partial charge < -0.3 is 10.4 Å². The number of aromatic carboxylic acids is 1. The minimum atomic E-state index is -4.52. The van der Waals surface area contributed by atoms with Gasteiger partial charge in [-0.05, 0) is 25.1 Å². The third-order valence-electron chi connectivity index (χ3n) is 2.48. The van der Waals surface area contributed by atoms with Crippen molar-refractivity contribution in [3.05, 3.63) is 39.4 Å². The number of carbonyl (C=O) groups is 1. The normalized spacial score (nSPS) is 11.5. The molecular formula is C12H8ClF3N2O2S. The number of nitrogens with one attached hydrogen (secondary N) is 1. The molecule has 0 aliphatic carbocycles. The zero-order valence-corrected chi connectivity index (χ0v) is 12.0. The minimum absolute atomic E-state index is 0.0838. The molecule has 112 valence electrons. The van der Waals surface area contributed by atoms with Gasteiger partial charge >= 0.3 is 12.1 Å². The lowest BCUT2D eigenvalue weighted by Gasteiger charge is -2.10. The average Bonchev–Trinajstić information content (AvgIpc) is 2.68. The molecule has 1 aromatic carbocycles. The first kappa shape index (κ1) is 15.6. The number of carboxylic acid groups (broad SMARTS) is 1. The Morgan fingerprint density at radius 1 is 1.38 bits per heavy atom. The molecule has 1 aromatic heterocycles. The van der Waals surface area contributed by atoms with Crippen LogP contribution in [-0.2, 0) is 6.18 Å². The molecular weight excluding hydrogens is 329 g/mol. The Labute approximate surface area is 126 Å². The van der Waals surface area contributed by atoms with E-state index in [1.54, 1.807) is 6.92 Å². The van der Waals surface area contributed by atoms with Gasteiger partial charge in [0.15, 0.2) is 10.8 Å². The highest BCUT2D eigenvalue weighted by Gasteiger charge is 2.31. The third-order valence-corrected chi connectivity index (χ3v) is 3.58. The summed E-state index contributed by atoms with van der Waals surface area (Å²) in [7, 11) is 0. The van der Waals surface area contributed by atoms with E-state index in [0.717, 1.165) is 23.5 Å². The molecule has 0 atom stereocenters. The standard InChI is InChI=1S/C12H8ClF3N2O2S/c1-5-9(10(19)20)18-11(21-5)17-8-3-6(12(14,15)16)2-7(13)4-8/h2-4H,1H3,(H,17,18)(H,19,20). The largest absolute Gasteiger partial charge is 0.476 e. The fraction of sp³-hybridized carbons (Fsp3) is 0.167. The number of aromatic nitrogens is 1. The molecule has 2 aromatic rings. The van der Waals surface area contributed by atoms with E-state index < -0.39 is 17.7 Å². The molecule has 0 bridgehead atoms. The van der Waals surface area contributed by atoms with Gasteiger partial charge in [0, 0.05) is 15.6 Å². The number of benzene rings is 1. The molecule has 21 heavy (non-hydrogen) atoms. The van der Waals surface area contributed by atoms with Crippen molar-refractivity contribution in [3.63, 3.8) is 0 Å². The summed E-state index contributed by atoms with van der Waals surface area (Å²) in [6, 6.07) is 2.99. The fourth-order valence-electron chi connectivity index (χ4n) is 1.60. The van der Waals surface area contributed by atoms with Crippen molar-refractivity contribution in [2.75, 3.05) is 5.32 Å². The van der Waals surface area contributed by atoms with Crippen LogP contribution in [0.15, 0.2) is 18.2 Å². The summed E-state index contributed by atoms with van der Waals surface area (Å²) in [6.45, 7) is 1.56. The number of halogens is 4. The lowest BCUT2D eigenvalue weighted by Crippen LogP contribution is -2.05. The van der Waals surface area contributed by atoms with Gasteiger partial charge in [0.05, 0.1) is 5.56 Å². The minimum Gasteiger partial charge on any atom is -0.476 e. The Balaban J connectivity index is 2.34. The van der Waals surface area contributed by atoms with Crippen molar-refractivity contribution in [1.29, 1.82) is 0 Å². The van der Waals surface area contributed by atoms with Gasteiger partial charge in [-0.25, -0.2) is 9.78 Å². The highest BCUT2D eigenvalue weighted by atomic mass is 35.5. The van der Waals surface area contributed by atoms with Crippen LogP contribution in [-0.4, -0.2) is 16.1 Å². The fourth-order valence-corrected chi connectivity index (χ4v) is 2.66. The van der Waals surface area contributed by atoms with E-state index in [1.165, 1.54) is 6.07 Å². The average molecular weight is 337 g/mol. The second-order valence-electron chi connectivity index (χ2n) is 4.08. The Morgan fingerprint density at radius 2 is 2.05 bits per heavy atom. The summed E-state index contributed by atoms with van der Waals surface area (Å²) < 4.78 is 38.1. The molecule has 2 rings (SSSR count). The van der Waals surface area contributed by atoms with Gasteiger partial charge in [0.2, 0.25) is 0 Å². The first-order valence-electron chi connectivity index (χ1n) is 5.52. The first-order chi connectivity index (χ1) is 9.66. The maximum Gasteiger partial charge on any atom is 0.416 e. The quantitative estimate of drug-likeness (QED) is 0.862. The Kier molecular flexibility index (Phi) is 4.11. The van der Waals surface area contributed by atoms with Crippen LogP contribution in [0.4, 0.5) is 24.0 Å². The highest BCUT2D eigenvalue weighted by Crippen LogP contribution is 2.34. The number of nitrogens with zero attached hydrogens (tertiary/aromatic N) is 1. The van der Waals surface area contributed by atoms with Crippen LogP contribution >= 0.6 is 22.9 Å². The summed E-state index contributed by atoms with van der Waals surface area (Å²) in [4.78, 5) is 15.1. The smallest absolute Gasteiger partial charge is 0.416 e. The predicted octanol–water partition coefficient (Wildman–Crippen LogP) is 4.57. The van der Waals surface area contributed by atoms with Gasteiger partial charge in [0.1, 0.15) is 0 Å². The van der Waals surface area contributed by atoms with E-state index in [9.17, 15) is 18.0 Å². The van der Waals surface area contributed by atoms with Gasteiger partial charge in [-0.3, -0.25) is 0 Å². The topological polar surface area (TPSA) is 62.2 Å². The Bertz CT molecular complexity index is 700. The molecule has 0 aliphatic heterocycles. The molecule has 0 saturated heterocycles. The zero-order valence-electron chi connectivity index (χ0n) is 10.5. The summed E-state index contributed by atoms with van der Waals surface area (Å²) >= 11 is 6.69. The van der Waals surface area contributed by atoms with Crippen molar-refractivity contribution < 1.29 is 23.1 Å². The monoisotopic (exact) mass is 336 g/mol.